The van der Waals surface area contributed by atoms with E-state index in [0.29, 0.717) is 18.3 Å². The molecular formula is C15H20N2O2. The lowest BCUT2D eigenvalue weighted by Crippen LogP contribution is -2.36. The summed E-state index contributed by atoms with van der Waals surface area (Å²) in [6.07, 6.45) is 8.71. The van der Waals surface area contributed by atoms with E-state index in [1.165, 1.54) is 0 Å². The quantitative estimate of drug-likeness (QED) is 0.760. The van der Waals surface area contributed by atoms with Crippen LogP contribution in [0.25, 0.3) is 0 Å². The van der Waals surface area contributed by atoms with Crippen LogP contribution in [-0.2, 0) is 9.59 Å². The molecule has 3 rings (SSSR count). The lowest BCUT2D eigenvalue weighted by Gasteiger charge is -2.29. The van der Waals surface area contributed by atoms with Crippen LogP contribution in [0.3, 0.4) is 0 Å². The van der Waals surface area contributed by atoms with Crippen LogP contribution in [0.15, 0.2) is 23.9 Å². The standard InChI is InChI=1S/C15H20N2O2/c1-10(2)11-4-3-5-12(8-11)17-13-6-7-14(18)16(13)9-15(17)19/h3,5,8,10-11,13H,4,6-7,9H2,1-2H3. The number of fused-ring (bicyclic) bond motifs is 1. The molecule has 0 saturated carbocycles. The number of carbonyl (C=O) groups excluding carboxylic acids is 2. The van der Waals surface area contributed by atoms with Gasteiger partial charge in [0.2, 0.25) is 11.8 Å². The van der Waals surface area contributed by atoms with E-state index in [9.17, 15) is 9.59 Å². The Kier molecular flexibility index (Phi) is 2.96. The third kappa shape index (κ3) is 1.99. The van der Waals surface area contributed by atoms with Crippen LogP contribution in [0.4, 0.5) is 0 Å². The first kappa shape index (κ1) is 12.5. The fraction of sp³-hybridized carbons (Fsp3) is 0.600. The number of carbonyl (C=O) groups is 2. The molecule has 2 amide bonds. The SMILES string of the molecule is CC(C)C1C=C(N2C(=O)CN3C(=O)CCC32)C=CC1. The Hall–Kier alpha value is -1.58. The van der Waals surface area contributed by atoms with Crippen molar-refractivity contribution in [2.75, 3.05) is 6.54 Å². The van der Waals surface area contributed by atoms with Gasteiger partial charge in [-0.3, -0.25) is 14.5 Å². The molecular weight excluding hydrogens is 240 g/mol. The molecule has 0 N–H and O–H groups in total. The Labute approximate surface area is 113 Å². The largest absolute Gasteiger partial charge is 0.312 e. The highest BCUT2D eigenvalue weighted by Crippen LogP contribution is 2.34. The van der Waals surface area contributed by atoms with E-state index in [1.807, 2.05) is 11.0 Å². The van der Waals surface area contributed by atoms with Gasteiger partial charge in [-0.25, -0.2) is 0 Å². The zero-order valence-electron chi connectivity index (χ0n) is 11.5. The zero-order chi connectivity index (χ0) is 13.6. The number of rotatable bonds is 2. The molecule has 2 heterocycles. The third-order valence-electron chi connectivity index (χ3n) is 4.39. The molecule has 2 saturated heterocycles. The summed E-state index contributed by atoms with van der Waals surface area (Å²) in [7, 11) is 0. The third-order valence-corrected chi connectivity index (χ3v) is 4.39. The second-order valence-electron chi connectivity index (χ2n) is 5.94. The van der Waals surface area contributed by atoms with Gasteiger partial charge in [0.15, 0.2) is 0 Å². The van der Waals surface area contributed by atoms with Crippen LogP contribution in [-0.4, -0.2) is 34.3 Å². The molecule has 102 valence electrons. The van der Waals surface area contributed by atoms with Crippen molar-refractivity contribution in [1.82, 2.24) is 9.80 Å². The molecule has 0 aromatic carbocycles. The van der Waals surface area contributed by atoms with Crippen molar-refractivity contribution in [3.8, 4) is 0 Å². The maximum Gasteiger partial charge on any atom is 0.248 e. The Morgan fingerprint density at radius 1 is 1.26 bits per heavy atom. The monoisotopic (exact) mass is 260 g/mol. The molecule has 0 aromatic rings. The first-order chi connectivity index (χ1) is 9.08. The maximum absolute atomic E-state index is 12.2. The van der Waals surface area contributed by atoms with Crippen molar-refractivity contribution in [2.24, 2.45) is 11.8 Å². The van der Waals surface area contributed by atoms with E-state index in [0.717, 1.165) is 18.5 Å². The molecule has 2 unspecified atom stereocenters. The zero-order valence-corrected chi connectivity index (χ0v) is 11.5. The predicted molar refractivity (Wildman–Crippen MR) is 71.7 cm³/mol. The van der Waals surface area contributed by atoms with E-state index in [1.54, 1.807) is 4.90 Å². The average molecular weight is 260 g/mol. The van der Waals surface area contributed by atoms with Crippen LogP contribution in [0.5, 0.6) is 0 Å². The number of hydrogen-bond donors (Lipinski definition) is 0. The van der Waals surface area contributed by atoms with Crippen LogP contribution in [0, 0.1) is 11.8 Å². The summed E-state index contributed by atoms with van der Waals surface area (Å²) in [5.74, 6) is 1.22. The van der Waals surface area contributed by atoms with Gasteiger partial charge in [0, 0.05) is 12.1 Å². The molecule has 0 spiro atoms. The molecule has 3 aliphatic rings. The number of amides is 2. The van der Waals surface area contributed by atoms with Crippen molar-refractivity contribution in [1.29, 1.82) is 0 Å². The Balaban J connectivity index is 1.87. The molecule has 4 nitrogen and oxygen atoms in total. The van der Waals surface area contributed by atoms with Gasteiger partial charge in [-0.05, 0) is 30.8 Å². The van der Waals surface area contributed by atoms with E-state index in [4.69, 9.17) is 0 Å². The summed E-state index contributed by atoms with van der Waals surface area (Å²) in [6, 6.07) is 0. The van der Waals surface area contributed by atoms with Crippen molar-refractivity contribution in [3.63, 3.8) is 0 Å². The molecule has 19 heavy (non-hydrogen) atoms. The lowest BCUT2D eigenvalue weighted by atomic mass is 9.88. The van der Waals surface area contributed by atoms with Crippen LogP contribution in [0.2, 0.25) is 0 Å². The van der Waals surface area contributed by atoms with Gasteiger partial charge < -0.3 is 4.90 Å². The molecule has 1 aliphatic carbocycles. The Morgan fingerprint density at radius 3 is 2.79 bits per heavy atom. The van der Waals surface area contributed by atoms with Gasteiger partial charge in [0.25, 0.3) is 0 Å². The van der Waals surface area contributed by atoms with E-state index >= 15 is 0 Å². The molecule has 0 aromatic heterocycles. The maximum atomic E-state index is 12.2. The minimum atomic E-state index is -0.0400. The first-order valence-electron chi connectivity index (χ1n) is 7.08. The van der Waals surface area contributed by atoms with Crippen LogP contribution < -0.4 is 0 Å². The summed E-state index contributed by atoms with van der Waals surface area (Å²) in [6.45, 7) is 4.66. The number of allylic oxidation sites excluding steroid dienone is 3. The smallest absolute Gasteiger partial charge is 0.248 e. The van der Waals surface area contributed by atoms with E-state index in [-0.39, 0.29) is 24.5 Å². The second kappa shape index (κ2) is 4.51. The topological polar surface area (TPSA) is 40.6 Å². The van der Waals surface area contributed by atoms with Gasteiger partial charge in [0.05, 0.1) is 0 Å². The van der Waals surface area contributed by atoms with Crippen molar-refractivity contribution in [3.05, 3.63) is 23.9 Å². The van der Waals surface area contributed by atoms with E-state index in [2.05, 4.69) is 26.0 Å². The number of hydrogen-bond acceptors (Lipinski definition) is 2. The van der Waals surface area contributed by atoms with Gasteiger partial charge in [-0.1, -0.05) is 26.0 Å². The highest BCUT2D eigenvalue weighted by Gasteiger charge is 2.45. The van der Waals surface area contributed by atoms with Gasteiger partial charge in [0.1, 0.15) is 12.7 Å². The van der Waals surface area contributed by atoms with Crippen LogP contribution in [0.1, 0.15) is 33.1 Å². The van der Waals surface area contributed by atoms with Crippen molar-refractivity contribution < 1.29 is 9.59 Å². The fourth-order valence-electron chi connectivity index (χ4n) is 3.20. The van der Waals surface area contributed by atoms with Crippen molar-refractivity contribution >= 4 is 11.8 Å². The molecule has 0 bridgehead atoms. The van der Waals surface area contributed by atoms with Crippen LogP contribution >= 0.6 is 0 Å². The Morgan fingerprint density at radius 2 is 2.05 bits per heavy atom. The molecule has 0 radical (unpaired) electrons. The minimum absolute atomic E-state index is 0.0400. The lowest BCUT2D eigenvalue weighted by molar-refractivity contribution is -0.130. The summed E-state index contributed by atoms with van der Waals surface area (Å²) < 4.78 is 0. The summed E-state index contributed by atoms with van der Waals surface area (Å²) in [5.41, 5.74) is 0.983. The van der Waals surface area contributed by atoms with Crippen molar-refractivity contribution in [2.45, 2.75) is 39.3 Å². The second-order valence-corrected chi connectivity index (χ2v) is 5.94. The summed E-state index contributed by atoms with van der Waals surface area (Å²) >= 11 is 0. The van der Waals surface area contributed by atoms with Gasteiger partial charge in [-0.2, -0.15) is 0 Å². The highest BCUT2D eigenvalue weighted by molar-refractivity contribution is 5.91. The summed E-state index contributed by atoms with van der Waals surface area (Å²) in [4.78, 5) is 27.4. The average Bonchev–Trinajstić information content (AvgIpc) is 2.89. The normalized spacial score (nSPS) is 30.4. The number of nitrogens with zero attached hydrogens (tertiary/aromatic N) is 2. The van der Waals surface area contributed by atoms with Gasteiger partial charge in [-0.15, -0.1) is 0 Å². The summed E-state index contributed by atoms with van der Waals surface area (Å²) in [5, 5.41) is 0. The van der Waals surface area contributed by atoms with E-state index < -0.39 is 0 Å². The fourth-order valence-corrected chi connectivity index (χ4v) is 3.20. The minimum Gasteiger partial charge on any atom is -0.312 e. The highest BCUT2D eigenvalue weighted by atomic mass is 16.2. The Bertz CT molecular complexity index is 479. The molecule has 2 aliphatic heterocycles. The molecule has 4 heteroatoms. The predicted octanol–water partition coefficient (Wildman–Crippen LogP) is 1.89. The van der Waals surface area contributed by atoms with Gasteiger partial charge >= 0.3 is 0 Å². The molecule has 2 fully saturated rings. The molecule has 2 atom stereocenters. The first-order valence-corrected chi connectivity index (χ1v) is 7.08.